The van der Waals surface area contributed by atoms with Crippen LogP contribution >= 0.6 is 0 Å². The summed E-state index contributed by atoms with van der Waals surface area (Å²) in [7, 11) is 0. The average molecular weight is 248 g/mol. The molecule has 1 fully saturated rings. The Bertz CT molecular complexity index is 416. The highest BCUT2D eigenvalue weighted by Gasteiger charge is 2.32. The number of nitrogens with one attached hydrogen (secondary N) is 1. The van der Waals surface area contributed by atoms with Gasteiger partial charge in [0.15, 0.2) is 0 Å². The van der Waals surface area contributed by atoms with Crippen molar-refractivity contribution in [2.24, 2.45) is 11.8 Å². The third-order valence-electron chi connectivity index (χ3n) is 3.32. The number of amides is 1. The van der Waals surface area contributed by atoms with Gasteiger partial charge in [0.05, 0.1) is 12.2 Å². The predicted octanol–water partition coefficient (Wildman–Crippen LogP) is 1.81. The number of hydrogen-bond acceptors (Lipinski definition) is 3. The smallest absolute Gasteiger partial charge is 0.223 e. The van der Waals surface area contributed by atoms with Crippen molar-refractivity contribution in [1.82, 2.24) is 5.32 Å². The van der Waals surface area contributed by atoms with E-state index in [1.807, 2.05) is 25.1 Å². The highest BCUT2D eigenvalue weighted by atomic mass is 16.5. The van der Waals surface area contributed by atoms with E-state index in [2.05, 4.69) is 5.32 Å². The first-order chi connectivity index (χ1) is 8.68. The Balaban J connectivity index is 1.66. The first-order valence-electron chi connectivity index (χ1n) is 6.43. The predicted molar refractivity (Wildman–Crippen MR) is 71.2 cm³/mol. The number of carbonyl (C=O) groups is 1. The van der Waals surface area contributed by atoms with Gasteiger partial charge in [-0.3, -0.25) is 4.79 Å². The van der Waals surface area contributed by atoms with Gasteiger partial charge in [0.25, 0.3) is 0 Å². The van der Waals surface area contributed by atoms with Gasteiger partial charge in [-0.2, -0.15) is 0 Å². The van der Waals surface area contributed by atoms with Crippen LogP contribution in [0.5, 0.6) is 5.75 Å². The van der Waals surface area contributed by atoms with Gasteiger partial charge in [0.1, 0.15) is 12.4 Å². The van der Waals surface area contributed by atoms with Crippen molar-refractivity contribution in [1.29, 1.82) is 0 Å². The summed E-state index contributed by atoms with van der Waals surface area (Å²) in [5.74, 6) is 1.52. The number of hydrogen-bond donors (Lipinski definition) is 2. The Hall–Kier alpha value is -1.71. The van der Waals surface area contributed by atoms with Gasteiger partial charge >= 0.3 is 0 Å². The van der Waals surface area contributed by atoms with Crippen LogP contribution in [0.4, 0.5) is 5.69 Å². The van der Waals surface area contributed by atoms with Gasteiger partial charge in [-0.05, 0) is 30.9 Å². The number of ether oxygens (including phenoxy) is 1. The molecule has 4 nitrogen and oxygen atoms in total. The molecule has 1 unspecified atom stereocenters. The summed E-state index contributed by atoms with van der Waals surface area (Å²) in [4.78, 5) is 11.7. The van der Waals surface area contributed by atoms with E-state index in [-0.39, 0.29) is 11.8 Å². The van der Waals surface area contributed by atoms with Gasteiger partial charge < -0.3 is 15.8 Å². The van der Waals surface area contributed by atoms with E-state index in [1.54, 1.807) is 6.07 Å². The normalized spacial score (nSPS) is 16.1. The second kappa shape index (κ2) is 5.76. The van der Waals surface area contributed by atoms with Crippen molar-refractivity contribution in [3.63, 3.8) is 0 Å². The van der Waals surface area contributed by atoms with Crippen LogP contribution in [-0.2, 0) is 4.79 Å². The average Bonchev–Trinajstić information content (AvgIpc) is 3.19. The molecular weight excluding hydrogens is 228 g/mol. The third-order valence-corrected chi connectivity index (χ3v) is 3.32. The summed E-state index contributed by atoms with van der Waals surface area (Å²) >= 11 is 0. The highest BCUT2D eigenvalue weighted by molar-refractivity contribution is 5.78. The second-order valence-corrected chi connectivity index (χ2v) is 4.80. The fourth-order valence-corrected chi connectivity index (χ4v) is 1.92. The fraction of sp³-hybridized carbons (Fsp3) is 0.500. The molecule has 0 spiro atoms. The Labute approximate surface area is 108 Å². The van der Waals surface area contributed by atoms with Gasteiger partial charge in [0, 0.05) is 5.92 Å². The quantitative estimate of drug-likeness (QED) is 0.596. The molecule has 2 rings (SSSR count). The molecule has 1 saturated carbocycles. The molecule has 0 bridgehead atoms. The monoisotopic (exact) mass is 248 g/mol. The van der Waals surface area contributed by atoms with Crippen LogP contribution < -0.4 is 15.8 Å². The molecular formula is C14H20N2O2. The van der Waals surface area contributed by atoms with E-state index in [9.17, 15) is 4.79 Å². The first kappa shape index (κ1) is 12.7. The molecule has 0 aliphatic heterocycles. The number of benzene rings is 1. The summed E-state index contributed by atoms with van der Waals surface area (Å²) in [5, 5.41) is 2.89. The summed E-state index contributed by atoms with van der Waals surface area (Å²) < 4.78 is 5.50. The van der Waals surface area contributed by atoms with Crippen molar-refractivity contribution in [3.05, 3.63) is 24.3 Å². The van der Waals surface area contributed by atoms with E-state index in [0.717, 1.165) is 0 Å². The molecule has 1 aliphatic rings. The zero-order valence-corrected chi connectivity index (χ0v) is 10.7. The zero-order chi connectivity index (χ0) is 13.0. The number of nitrogens with two attached hydrogens (primary N) is 1. The van der Waals surface area contributed by atoms with Crippen LogP contribution in [0.3, 0.4) is 0 Å². The molecule has 1 aliphatic carbocycles. The molecule has 1 aromatic carbocycles. The van der Waals surface area contributed by atoms with E-state index < -0.39 is 0 Å². The molecule has 4 heteroatoms. The topological polar surface area (TPSA) is 64.3 Å². The van der Waals surface area contributed by atoms with Crippen LogP contribution in [0.1, 0.15) is 19.8 Å². The van der Waals surface area contributed by atoms with E-state index in [0.29, 0.717) is 30.5 Å². The van der Waals surface area contributed by atoms with E-state index >= 15 is 0 Å². The Morgan fingerprint density at radius 3 is 2.89 bits per heavy atom. The van der Waals surface area contributed by atoms with Crippen molar-refractivity contribution >= 4 is 11.6 Å². The molecule has 3 N–H and O–H groups in total. The van der Waals surface area contributed by atoms with Crippen LogP contribution in [0.15, 0.2) is 24.3 Å². The summed E-state index contributed by atoms with van der Waals surface area (Å²) in [6.45, 7) is 2.95. The lowest BCUT2D eigenvalue weighted by atomic mass is 10.1. The van der Waals surface area contributed by atoms with Gasteiger partial charge in [-0.25, -0.2) is 0 Å². The number of anilines is 1. The molecule has 0 aromatic heterocycles. The van der Waals surface area contributed by atoms with Crippen molar-refractivity contribution in [2.45, 2.75) is 19.8 Å². The Kier molecular flexibility index (Phi) is 4.07. The minimum Gasteiger partial charge on any atom is -0.490 e. The molecule has 0 saturated heterocycles. The molecule has 1 aromatic rings. The molecule has 1 atom stereocenters. The third kappa shape index (κ3) is 3.39. The van der Waals surface area contributed by atoms with Gasteiger partial charge in [0.2, 0.25) is 5.91 Å². The van der Waals surface area contributed by atoms with Crippen LogP contribution in [0, 0.1) is 11.8 Å². The lowest BCUT2D eigenvalue weighted by Gasteiger charge is -2.12. The van der Waals surface area contributed by atoms with Crippen molar-refractivity contribution in [3.8, 4) is 5.75 Å². The maximum Gasteiger partial charge on any atom is 0.223 e. The molecule has 18 heavy (non-hydrogen) atoms. The van der Waals surface area contributed by atoms with Gasteiger partial charge in [-0.15, -0.1) is 0 Å². The molecule has 0 radical (unpaired) electrons. The lowest BCUT2D eigenvalue weighted by Crippen LogP contribution is -2.33. The van der Waals surface area contributed by atoms with E-state index in [1.165, 1.54) is 12.8 Å². The van der Waals surface area contributed by atoms with Crippen molar-refractivity contribution < 1.29 is 9.53 Å². The second-order valence-electron chi connectivity index (χ2n) is 4.80. The molecule has 1 amide bonds. The Morgan fingerprint density at radius 2 is 2.22 bits per heavy atom. The standard InChI is InChI=1S/C14H20N2O2/c1-10(11-6-7-11)14(17)16-8-9-18-13-5-3-2-4-12(13)15/h2-5,10-11H,6-9,15H2,1H3,(H,16,17). The first-order valence-corrected chi connectivity index (χ1v) is 6.43. The van der Waals surface area contributed by atoms with Crippen LogP contribution in [0.2, 0.25) is 0 Å². The minimum atomic E-state index is 0.127. The summed E-state index contributed by atoms with van der Waals surface area (Å²) in [6.07, 6.45) is 2.37. The number of carbonyl (C=O) groups excluding carboxylic acids is 1. The largest absolute Gasteiger partial charge is 0.490 e. The Morgan fingerprint density at radius 1 is 1.50 bits per heavy atom. The van der Waals surface area contributed by atoms with Gasteiger partial charge in [-0.1, -0.05) is 19.1 Å². The van der Waals surface area contributed by atoms with Crippen molar-refractivity contribution in [2.75, 3.05) is 18.9 Å². The molecule has 98 valence electrons. The SMILES string of the molecule is CC(C(=O)NCCOc1ccccc1N)C1CC1. The minimum absolute atomic E-state index is 0.127. The zero-order valence-electron chi connectivity index (χ0n) is 10.7. The maximum atomic E-state index is 11.7. The maximum absolute atomic E-state index is 11.7. The summed E-state index contributed by atoms with van der Waals surface area (Å²) in [5.41, 5.74) is 6.37. The fourth-order valence-electron chi connectivity index (χ4n) is 1.92. The number of nitrogen functional groups attached to an aromatic ring is 1. The summed E-state index contributed by atoms with van der Waals surface area (Å²) in [6, 6.07) is 7.35. The van der Waals surface area contributed by atoms with Crippen LogP contribution in [-0.4, -0.2) is 19.1 Å². The number of para-hydroxylation sites is 2. The lowest BCUT2D eigenvalue weighted by molar-refractivity contribution is -0.125. The van der Waals surface area contributed by atoms with E-state index in [4.69, 9.17) is 10.5 Å². The number of rotatable bonds is 6. The van der Waals surface area contributed by atoms with Crippen LogP contribution in [0.25, 0.3) is 0 Å². The molecule has 0 heterocycles. The highest BCUT2D eigenvalue weighted by Crippen LogP contribution is 2.36.